The minimum atomic E-state index is -1.47. The third kappa shape index (κ3) is 4.45. The zero-order chi connectivity index (χ0) is 26.5. The standard InChI is InChI=1S/C34H29NS/c1-34(2,3)22-23-18-19-35-31(20-23)30-11-7-10-29-28-17-16-27(21-32(28)36-33(29)30)26-14-12-25(13-15-26)24-8-5-4-6-9-24/h4-21H,22H2,1-3H3/i22D2. The van der Waals surface area contributed by atoms with Gasteiger partial charge in [-0.25, -0.2) is 0 Å². The monoisotopic (exact) mass is 485 g/mol. The van der Waals surface area contributed by atoms with Crippen LogP contribution >= 0.6 is 11.3 Å². The highest BCUT2D eigenvalue weighted by Crippen LogP contribution is 2.41. The summed E-state index contributed by atoms with van der Waals surface area (Å²) in [5.74, 6) is 0. The summed E-state index contributed by atoms with van der Waals surface area (Å²) in [6.45, 7) is 5.81. The predicted molar refractivity (Wildman–Crippen MR) is 157 cm³/mol. The normalized spacial score (nSPS) is 13.1. The lowest BCUT2D eigenvalue weighted by molar-refractivity contribution is 0.411. The fraction of sp³-hybridized carbons (Fsp3) is 0.147. The molecule has 0 bridgehead atoms. The Kier molecular flexibility index (Phi) is 5.13. The number of benzene rings is 4. The van der Waals surface area contributed by atoms with Crippen LogP contribution in [0.4, 0.5) is 0 Å². The van der Waals surface area contributed by atoms with Crippen molar-refractivity contribution in [3.05, 3.63) is 115 Å². The maximum Gasteiger partial charge on any atom is 0.0719 e. The molecule has 1 nitrogen and oxygen atoms in total. The van der Waals surface area contributed by atoms with E-state index >= 15 is 0 Å². The average Bonchev–Trinajstić information content (AvgIpc) is 3.31. The summed E-state index contributed by atoms with van der Waals surface area (Å²) in [5.41, 5.74) is 6.83. The van der Waals surface area contributed by atoms with Crippen LogP contribution in [0.25, 0.3) is 53.7 Å². The maximum atomic E-state index is 8.74. The van der Waals surface area contributed by atoms with Crippen LogP contribution in [-0.2, 0) is 6.37 Å². The number of hydrogen-bond donors (Lipinski definition) is 0. The van der Waals surface area contributed by atoms with E-state index in [0.29, 0.717) is 5.56 Å². The lowest BCUT2D eigenvalue weighted by Gasteiger charge is -2.18. The lowest BCUT2D eigenvalue weighted by atomic mass is 9.88. The highest BCUT2D eigenvalue weighted by atomic mass is 32.1. The molecule has 6 rings (SSSR count). The van der Waals surface area contributed by atoms with Gasteiger partial charge in [0.05, 0.1) is 5.69 Å². The summed E-state index contributed by atoms with van der Waals surface area (Å²) in [6, 6.07) is 36.0. The zero-order valence-corrected chi connectivity index (χ0v) is 21.6. The van der Waals surface area contributed by atoms with Crippen LogP contribution in [-0.4, -0.2) is 4.98 Å². The van der Waals surface area contributed by atoms with Crippen LogP contribution in [0, 0.1) is 5.41 Å². The van der Waals surface area contributed by atoms with E-state index in [0.717, 1.165) is 11.3 Å². The van der Waals surface area contributed by atoms with Gasteiger partial charge in [0.25, 0.3) is 0 Å². The molecule has 4 aromatic carbocycles. The van der Waals surface area contributed by atoms with E-state index in [4.69, 9.17) is 2.74 Å². The molecule has 2 aromatic heterocycles. The van der Waals surface area contributed by atoms with Gasteiger partial charge in [-0.1, -0.05) is 106 Å². The number of aromatic nitrogens is 1. The van der Waals surface area contributed by atoms with Crippen LogP contribution in [0.3, 0.4) is 0 Å². The molecule has 2 heterocycles. The van der Waals surface area contributed by atoms with Gasteiger partial charge in [-0.2, -0.15) is 0 Å². The van der Waals surface area contributed by atoms with Gasteiger partial charge >= 0.3 is 0 Å². The third-order valence-corrected chi connectivity index (χ3v) is 7.58. The molecular weight excluding hydrogens is 454 g/mol. The van der Waals surface area contributed by atoms with Crippen molar-refractivity contribution in [2.24, 2.45) is 5.41 Å². The maximum absolute atomic E-state index is 8.74. The fourth-order valence-corrected chi connectivity index (χ4v) is 6.02. The van der Waals surface area contributed by atoms with Crippen LogP contribution in [0.1, 0.15) is 29.1 Å². The Morgan fingerprint density at radius 3 is 2.14 bits per heavy atom. The van der Waals surface area contributed by atoms with Crippen molar-refractivity contribution in [1.82, 2.24) is 4.98 Å². The summed E-state index contributed by atoms with van der Waals surface area (Å²) in [4.78, 5) is 4.66. The quantitative estimate of drug-likeness (QED) is 0.242. The number of hydrogen-bond acceptors (Lipinski definition) is 2. The molecule has 0 radical (unpaired) electrons. The van der Waals surface area contributed by atoms with Gasteiger partial charge in [0.15, 0.2) is 0 Å². The number of rotatable bonds is 4. The smallest absolute Gasteiger partial charge is 0.0719 e. The van der Waals surface area contributed by atoms with Gasteiger partial charge in [-0.15, -0.1) is 11.3 Å². The first-order valence-corrected chi connectivity index (χ1v) is 13.1. The molecule has 176 valence electrons. The third-order valence-electron chi connectivity index (χ3n) is 6.38. The van der Waals surface area contributed by atoms with Gasteiger partial charge in [0.1, 0.15) is 0 Å². The summed E-state index contributed by atoms with van der Waals surface area (Å²) in [7, 11) is 0. The van der Waals surface area contributed by atoms with Crippen molar-refractivity contribution in [3.63, 3.8) is 0 Å². The Bertz CT molecular complexity index is 1760. The molecule has 0 saturated carbocycles. The van der Waals surface area contributed by atoms with E-state index in [1.54, 1.807) is 23.6 Å². The molecule has 36 heavy (non-hydrogen) atoms. The molecule has 0 saturated heterocycles. The molecule has 6 aromatic rings. The first kappa shape index (κ1) is 20.4. The van der Waals surface area contributed by atoms with Gasteiger partial charge < -0.3 is 0 Å². The average molecular weight is 486 g/mol. The van der Waals surface area contributed by atoms with Gasteiger partial charge in [0.2, 0.25) is 0 Å². The Morgan fingerprint density at radius 2 is 1.39 bits per heavy atom. The van der Waals surface area contributed by atoms with Crippen LogP contribution in [0.5, 0.6) is 0 Å². The van der Waals surface area contributed by atoms with E-state index in [1.165, 1.54) is 42.4 Å². The van der Waals surface area contributed by atoms with Crippen molar-refractivity contribution in [1.29, 1.82) is 0 Å². The van der Waals surface area contributed by atoms with E-state index in [1.807, 2.05) is 32.9 Å². The summed E-state index contributed by atoms with van der Waals surface area (Å²) >= 11 is 1.78. The second kappa shape index (κ2) is 9.04. The molecule has 0 aliphatic carbocycles. The Morgan fingerprint density at radius 1 is 0.694 bits per heavy atom. The number of thiophene rings is 1. The van der Waals surface area contributed by atoms with Crippen molar-refractivity contribution in [3.8, 4) is 33.5 Å². The molecule has 0 aliphatic heterocycles. The van der Waals surface area contributed by atoms with Crippen molar-refractivity contribution in [2.45, 2.75) is 27.1 Å². The van der Waals surface area contributed by atoms with Crippen LogP contribution < -0.4 is 0 Å². The van der Waals surface area contributed by atoms with Gasteiger partial charge in [0, 0.05) is 34.7 Å². The van der Waals surface area contributed by atoms with Crippen molar-refractivity contribution < 1.29 is 2.74 Å². The SMILES string of the molecule is [2H]C([2H])(c1ccnc(-c2cccc3c2sc2cc(-c4ccc(-c5ccccc5)cc4)ccc23)c1)C(C)(C)C. The fourth-order valence-electron chi connectivity index (χ4n) is 4.75. The molecule has 0 amide bonds. The van der Waals surface area contributed by atoms with E-state index in [9.17, 15) is 0 Å². The molecule has 0 spiro atoms. The molecular formula is C34H29NS. The summed E-state index contributed by atoms with van der Waals surface area (Å²) in [5, 5.41) is 2.44. The highest BCUT2D eigenvalue weighted by Gasteiger charge is 2.15. The second-order valence-electron chi connectivity index (χ2n) is 10.2. The predicted octanol–water partition coefficient (Wildman–Crippen LogP) is 10.0. The molecule has 0 fully saturated rings. The van der Waals surface area contributed by atoms with E-state index in [-0.39, 0.29) is 0 Å². The summed E-state index contributed by atoms with van der Waals surface area (Å²) < 4.78 is 19.9. The highest BCUT2D eigenvalue weighted by molar-refractivity contribution is 7.26. The van der Waals surface area contributed by atoms with Crippen molar-refractivity contribution >= 4 is 31.5 Å². The molecule has 0 unspecified atom stereocenters. The molecule has 0 aliphatic rings. The molecule has 0 N–H and O–H groups in total. The Balaban J connectivity index is 1.41. The topological polar surface area (TPSA) is 12.9 Å². The van der Waals surface area contributed by atoms with E-state index in [2.05, 4.69) is 89.9 Å². The lowest BCUT2D eigenvalue weighted by Crippen LogP contribution is -2.09. The Labute approximate surface area is 219 Å². The summed E-state index contributed by atoms with van der Waals surface area (Å²) in [6.07, 6.45) is 0.265. The van der Waals surface area contributed by atoms with Gasteiger partial charge in [-0.3, -0.25) is 4.98 Å². The number of nitrogens with zero attached hydrogens (tertiary/aromatic N) is 1. The largest absolute Gasteiger partial charge is 0.256 e. The van der Waals surface area contributed by atoms with Crippen LogP contribution in [0.2, 0.25) is 0 Å². The molecule has 0 atom stereocenters. The number of fused-ring (bicyclic) bond motifs is 3. The molecule has 2 heteroatoms. The Hall–Kier alpha value is -3.75. The van der Waals surface area contributed by atoms with Gasteiger partial charge in [-0.05, 0) is 57.8 Å². The number of pyridine rings is 1. The minimum absolute atomic E-state index is 0.523. The first-order chi connectivity index (χ1) is 18.2. The second-order valence-corrected chi connectivity index (χ2v) is 11.3. The minimum Gasteiger partial charge on any atom is -0.256 e. The van der Waals surface area contributed by atoms with E-state index < -0.39 is 11.8 Å². The van der Waals surface area contributed by atoms with Crippen molar-refractivity contribution in [2.75, 3.05) is 0 Å². The zero-order valence-electron chi connectivity index (χ0n) is 22.7. The van der Waals surface area contributed by atoms with Crippen LogP contribution in [0.15, 0.2) is 109 Å². The first-order valence-electron chi connectivity index (χ1n) is 13.3.